The highest BCUT2D eigenvalue weighted by molar-refractivity contribution is 6.33. The van der Waals surface area contributed by atoms with Crippen LogP contribution < -0.4 is 19.7 Å². The summed E-state index contributed by atoms with van der Waals surface area (Å²) in [6.07, 6.45) is 2.08. The van der Waals surface area contributed by atoms with Gasteiger partial charge in [0.05, 0.1) is 36.1 Å². The number of rotatable bonds is 8. The van der Waals surface area contributed by atoms with Gasteiger partial charge in [-0.1, -0.05) is 11.6 Å². The quantitative estimate of drug-likeness (QED) is 0.639. The van der Waals surface area contributed by atoms with Crippen molar-refractivity contribution in [2.24, 2.45) is 0 Å². The van der Waals surface area contributed by atoms with Crippen molar-refractivity contribution >= 4 is 34.8 Å². The molecule has 3 rings (SSSR count). The summed E-state index contributed by atoms with van der Waals surface area (Å²) in [7, 11) is 1.50. The SMILES string of the molecule is COc1cc(C#N)ccc1OCCCC(=O)Nc1cc(N2CCCC2=O)ccc1Cl. The van der Waals surface area contributed by atoms with Gasteiger partial charge < -0.3 is 19.7 Å². The number of nitrogens with one attached hydrogen (secondary N) is 1. The average molecular weight is 428 g/mol. The van der Waals surface area contributed by atoms with Crippen molar-refractivity contribution in [1.29, 1.82) is 5.26 Å². The first kappa shape index (κ1) is 21.5. The third-order valence-electron chi connectivity index (χ3n) is 4.71. The monoisotopic (exact) mass is 427 g/mol. The normalized spacial score (nSPS) is 13.1. The van der Waals surface area contributed by atoms with Gasteiger partial charge in [0.15, 0.2) is 11.5 Å². The molecule has 156 valence electrons. The number of anilines is 2. The lowest BCUT2D eigenvalue weighted by Crippen LogP contribution is -2.23. The number of amides is 2. The van der Waals surface area contributed by atoms with Gasteiger partial charge in [-0.25, -0.2) is 0 Å². The Hall–Kier alpha value is -3.24. The molecule has 30 heavy (non-hydrogen) atoms. The van der Waals surface area contributed by atoms with Crippen LogP contribution in [-0.4, -0.2) is 32.1 Å². The van der Waals surface area contributed by atoms with Gasteiger partial charge >= 0.3 is 0 Å². The maximum atomic E-state index is 12.3. The highest BCUT2D eigenvalue weighted by Crippen LogP contribution is 2.30. The minimum atomic E-state index is -0.197. The second-order valence-corrected chi connectivity index (χ2v) is 7.20. The molecule has 8 heteroatoms. The van der Waals surface area contributed by atoms with E-state index < -0.39 is 0 Å². The third-order valence-corrected chi connectivity index (χ3v) is 5.04. The van der Waals surface area contributed by atoms with Crippen molar-refractivity contribution in [1.82, 2.24) is 0 Å². The number of nitrogens with zero attached hydrogens (tertiary/aromatic N) is 2. The van der Waals surface area contributed by atoms with Crippen LogP contribution in [0.1, 0.15) is 31.2 Å². The van der Waals surface area contributed by atoms with Gasteiger partial charge in [0.1, 0.15) is 0 Å². The van der Waals surface area contributed by atoms with Crippen molar-refractivity contribution < 1.29 is 19.1 Å². The lowest BCUT2D eigenvalue weighted by Gasteiger charge is -2.17. The number of halogens is 1. The van der Waals surface area contributed by atoms with Crippen molar-refractivity contribution in [2.45, 2.75) is 25.7 Å². The summed E-state index contributed by atoms with van der Waals surface area (Å²) in [4.78, 5) is 25.9. The number of hydrogen-bond donors (Lipinski definition) is 1. The molecule has 0 bridgehead atoms. The summed E-state index contributed by atoms with van der Waals surface area (Å²) in [6, 6.07) is 12.1. The van der Waals surface area contributed by atoms with E-state index in [0.29, 0.717) is 53.8 Å². The highest BCUT2D eigenvalue weighted by atomic mass is 35.5. The van der Waals surface area contributed by atoms with Crippen LogP contribution in [0.3, 0.4) is 0 Å². The summed E-state index contributed by atoms with van der Waals surface area (Å²) in [5, 5.41) is 12.2. The number of carbonyl (C=O) groups excluding carboxylic acids is 2. The summed E-state index contributed by atoms with van der Waals surface area (Å²) in [6.45, 7) is 0.982. The van der Waals surface area contributed by atoms with Gasteiger partial charge in [0.25, 0.3) is 0 Å². The molecule has 2 aromatic rings. The third kappa shape index (κ3) is 5.22. The summed E-state index contributed by atoms with van der Waals surface area (Å²) >= 11 is 6.20. The first-order valence-corrected chi connectivity index (χ1v) is 10.0. The smallest absolute Gasteiger partial charge is 0.227 e. The van der Waals surface area contributed by atoms with Crippen LogP contribution in [-0.2, 0) is 9.59 Å². The molecule has 1 heterocycles. The van der Waals surface area contributed by atoms with E-state index in [2.05, 4.69) is 5.32 Å². The molecule has 2 aromatic carbocycles. The Morgan fingerprint density at radius 1 is 1.27 bits per heavy atom. The fraction of sp³-hybridized carbons (Fsp3) is 0.318. The van der Waals surface area contributed by atoms with Crippen LogP contribution in [0.15, 0.2) is 36.4 Å². The van der Waals surface area contributed by atoms with Gasteiger partial charge in [0.2, 0.25) is 11.8 Å². The van der Waals surface area contributed by atoms with E-state index in [1.165, 1.54) is 7.11 Å². The molecule has 2 amide bonds. The lowest BCUT2D eigenvalue weighted by atomic mass is 10.2. The average Bonchev–Trinajstić information content (AvgIpc) is 3.18. The van der Waals surface area contributed by atoms with Gasteiger partial charge in [-0.2, -0.15) is 5.26 Å². The van der Waals surface area contributed by atoms with Crippen molar-refractivity contribution in [2.75, 3.05) is 30.5 Å². The van der Waals surface area contributed by atoms with E-state index in [4.69, 9.17) is 26.3 Å². The zero-order valence-electron chi connectivity index (χ0n) is 16.6. The predicted molar refractivity (Wildman–Crippen MR) is 114 cm³/mol. The Morgan fingerprint density at radius 2 is 2.10 bits per heavy atom. The van der Waals surface area contributed by atoms with Crippen molar-refractivity contribution in [3.8, 4) is 17.6 Å². The fourth-order valence-corrected chi connectivity index (χ4v) is 3.35. The Morgan fingerprint density at radius 3 is 2.80 bits per heavy atom. The molecule has 0 saturated carbocycles. The molecule has 0 aliphatic carbocycles. The van der Waals surface area contributed by atoms with Crippen molar-refractivity contribution in [3.63, 3.8) is 0 Å². The summed E-state index contributed by atoms with van der Waals surface area (Å²) in [5.74, 6) is 0.865. The largest absolute Gasteiger partial charge is 0.493 e. The molecule has 0 radical (unpaired) electrons. The Balaban J connectivity index is 1.52. The first-order chi connectivity index (χ1) is 14.5. The van der Waals surface area contributed by atoms with Crippen LogP contribution in [0, 0.1) is 11.3 Å². The van der Waals surface area contributed by atoms with E-state index >= 15 is 0 Å². The lowest BCUT2D eigenvalue weighted by molar-refractivity contribution is -0.117. The van der Waals surface area contributed by atoms with Crippen LogP contribution in [0.5, 0.6) is 11.5 Å². The van der Waals surface area contributed by atoms with E-state index in [0.717, 1.165) is 12.1 Å². The molecule has 1 N–H and O–H groups in total. The number of benzene rings is 2. The molecule has 1 aliphatic heterocycles. The Labute approximate surface area is 180 Å². The molecule has 0 unspecified atom stereocenters. The minimum absolute atomic E-state index is 0.0741. The number of ether oxygens (including phenoxy) is 2. The molecule has 0 atom stereocenters. The van der Waals surface area contributed by atoms with Gasteiger partial charge in [-0.05, 0) is 43.2 Å². The minimum Gasteiger partial charge on any atom is -0.493 e. The standard InChI is InChI=1S/C22H22ClN3O4/c1-29-20-12-15(14-24)6-9-19(20)30-11-3-4-21(27)25-18-13-16(7-8-17(18)23)26-10-2-5-22(26)28/h6-9,12-13H,2-5,10-11H2,1H3,(H,25,27). The van der Waals surface area contributed by atoms with Gasteiger partial charge in [0, 0.05) is 31.1 Å². The molecule has 0 aromatic heterocycles. The first-order valence-electron chi connectivity index (χ1n) is 9.62. The zero-order chi connectivity index (χ0) is 21.5. The van der Waals surface area contributed by atoms with E-state index in [1.807, 2.05) is 6.07 Å². The van der Waals surface area contributed by atoms with Gasteiger partial charge in [-0.15, -0.1) is 0 Å². The summed E-state index contributed by atoms with van der Waals surface area (Å²) < 4.78 is 10.9. The molecule has 1 fully saturated rings. The second-order valence-electron chi connectivity index (χ2n) is 6.79. The van der Waals surface area contributed by atoms with E-state index in [1.54, 1.807) is 41.3 Å². The molecular weight excluding hydrogens is 406 g/mol. The van der Waals surface area contributed by atoms with Crippen LogP contribution in [0.4, 0.5) is 11.4 Å². The Kier molecular flexibility index (Phi) is 7.15. The van der Waals surface area contributed by atoms with Crippen LogP contribution >= 0.6 is 11.6 Å². The highest BCUT2D eigenvalue weighted by Gasteiger charge is 2.22. The maximum absolute atomic E-state index is 12.3. The van der Waals surface area contributed by atoms with Gasteiger partial charge in [-0.3, -0.25) is 9.59 Å². The van der Waals surface area contributed by atoms with Crippen molar-refractivity contribution in [3.05, 3.63) is 47.0 Å². The van der Waals surface area contributed by atoms with Crippen LogP contribution in [0.2, 0.25) is 5.02 Å². The number of nitriles is 1. The van der Waals surface area contributed by atoms with Crippen LogP contribution in [0.25, 0.3) is 0 Å². The van der Waals surface area contributed by atoms with E-state index in [-0.39, 0.29) is 18.2 Å². The Bertz CT molecular complexity index is 987. The molecule has 0 spiro atoms. The fourth-order valence-electron chi connectivity index (χ4n) is 3.18. The predicted octanol–water partition coefficient (Wildman–Crippen LogP) is 4.14. The molecule has 7 nitrogen and oxygen atoms in total. The van der Waals surface area contributed by atoms with E-state index in [9.17, 15) is 9.59 Å². The molecule has 1 saturated heterocycles. The number of hydrogen-bond acceptors (Lipinski definition) is 5. The number of carbonyl (C=O) groups is 2. The second kappa shape index (κ2) is 9.99. The zero-order valence-corrected chi connectivity index (χ0v) is 17.4. The topological polar surface area (TPSA) is 91.7 Å². The summed E-state index contributed by atoms with van der Waals surface area (Å²) in [5.41, 5.74) is 1.69. The maximum Gasteiger partial charge on any atom is 0.227 e. The number of methoxy groups -OCH3 is 1. The molecule has 1 aliphatic rings. The molecular formula is C22H22ClN3O4.